The van der Waals surface area contributed by atoms with Crippen LogP contribution in [0, 0.1) is 0 Å². The number of benzene rings is 2. The largest absolute Gasteiger partial charge is 0.435 e. The number of rotatable bonds is 4. The number of halogens is 3. The van der Waals surface area contributed by atoms with E-state index in [1.807, 2.05) is 13.0 Å². The van der Waals surface area contributed by atoms with E-state index in [0.29, 0.717) is 22.7 Å². The molecule has 7 heteroatoms. The molecule has 0 radical (unpaired) electrons. The van der Waals surface area contributed by atoms with Gasteiger partial charge in [-0.3, -0.25) is 4.79 Å². The van der Waals surface area contributed by atoms with Gasteiger partial charge < -0.3 is 15.4 Å². The fourth-order valence-electron chi connectivity index (χ4n) is 3.05. The lowest BCUT2D eigenvalue weighted by molar-refractivity contribution is -0.120. The van der Waals surface area contributed by atoms with E-state index in [9.17, 15) is 13.6 Å². The molecule has 0 saturated heterocycles. The maximum absolute atomic E-state index is 12.7. The minimum atomic E-state index is -2.91. The molecule has 2 aromatic carbocycles. The first-order chi connectivity index (χ1) is 11.9. The number of hydrogen-bond donors (Lipinski definition) is 1. The van der Waals surface area contributed by atoms with E-state index in [-0.39, 0.29) is 11.7 Å². The Balaban J connectivity index is 2.00. The molecule has 4 nitrogen and oxygen atoms in total. The Hall–Kier alpha value is -2.18. The molecule has 2 atom stereocenters. The summed E-state index contributed by atoms with van der Waals surface area (Å²) < 4.78 is 29.3. The SMILES string of the molecule is C[C@@H](c1cccc(OC(F)F)c1)N1C(=O)[C@H](N)Cc2ccc(Cl)cc21. The van der Waals surface area contributed by atoms with Gasteiger partial charge in [-0.15, -0.1) is 0 Å². The van der Waals surface area contributed by atoms with E-state index in [1.165, 1.54) is 12.1 Å². The number of anilines is 1. The third-order valence-corrected chi connectivity index (χ3v) is 4.49. The van der Waals surface area contributed by atoms with Gasteiger partial charge in [0.15, 0.2) is 0 Å². The number of alkyl halides is 2. The third kappa shape index (κ3) is 3.60. The molecule has 0 bridgehead atoms. The van der Waals surface area contributed by atoms with E-state index in [2.05, 4.69) is 4.74 Å². The molecule has 0 unspecified atom stereocenters. The Kier molecular flexibility index (Phi) is 4.92. The van der Waals surface area contributed by atoms with Crippen LogP contribution in [-0.2, 0) is 11.2 Å². The van der Waals surface area contributed by atoms with Crippen LogP contribution in [0.15, 0.2) is 42.5 Å². The van der Waals surface area contributed by atoms with E-state index in [1.54, 1.807) is 29.2 Å². The minimum absolute atomic E-state index is 0.0411. The van der Waals surface area contributed by atoms with E-state index in [0.717, 1.165) is 5.56 Å². The molecule has 1 aliphatic heterocycles. The summed E-state index contributed by atoms with van der Waals surface area (Å²) in [5.41, 5.74) is 8.25. The highest BCUT2D eigenvalue weighted by atomic mass is 35.5. The molecule has 1 amide bonds. The zero-order valence-electron chi connectivity index (χ0n) is 13.5. The molecule has 0 aliphatic carbocycles. The van der Waals surface area contributed by atoms with Crippen LogP contribution < -0.4 is 15.4 Å². The van der Waals surface area contributed by atoms with Crippen LogP contribution in [0.5, 0.6) is 5.75 Å². The zero-order chi connectivity index (χ0) is 18.1. The van der Waals surface area contributed by atoms with Gasteiger partial charge in [0.2, 0.25) is 5.91 Å². The molecule has 132 valence electrons. The topological polar surface area (TPSA) is 55.6 Å². The molecule has 0 spiro atoms. The third-order valence-electron chi connectivity index (χ3n) is 4.25. The average molecular weight is 367 g/mol. The molecule has 2 aromatic rings. The molecule has 0 aromatic heterocycles. The summed E-state index contributed by atoms with van der Waals surface area (Å²) >= 11 is 6.09. The lowest BCUT2D eigenvalue weighted by Gasteiger charge is -2.37. The average Bonchev–Trinajstić information content (AvgIpc) is 2.56. The Morgan fingerprint density at radius 3 is 2.76 bits per heavy atom. The smallest absolute Gasteiger partial charge is 0.387 e. The van der Waals surface area contributed by atoms with Gasteiger partial charge in [-0.2, -0.15) is 8.78 Å². The highest BCUT2D eigenvalue weighted by Gasteiger charge is 2.34. The molecule has 25 heavy (non-hydrogen) atoms. The highest BCUT2D eigenvalue weighted by molar-refractivity contribution is 6.31. The summed E-state index contributed by atoms with van der Waals surface area (Å²) in [6, 6.07) is 10.5. The van der Waals surface area contributed by atoms with Crippen molar-refractivity contribution in [3.63, 3.8) is 0 Å². The van der Waals surface area contributed by atoms with Crippen molar-refractivity contribution in [1.82, 2.24) is 0 Å². The van der Waals surface area contributed by atoms with Crippen molar-refractivity contribution in [2.75, 3.05) is 4.90 Å². The van der Waals surface area contributed by atoms with Crippen molar-refractivity contribution in [3.8, 4) is 5.75 Å². The molecule has 2 N–H and O–H groups in total. The summed E-state index contributed by atoms with van der Waals surface area (Å²) in [4.78, 5) is 14.2. The minimum Gasteiger partial charge on any atom is -0.435 e. The lowest BCUT2D eigenvalue weighted by Crippen LogP contribution is -2.49. The molecular formula is C18H17ClF2N2O2. The van der Waals surface area contributed by atoms with Crippen LogP contribution in [0.2, 0.25) is 5.02 Å². The number of carbonyl (C=O) groups excluding carboxylic acids is 1. The Morgan fingerprint density at radius 1 is 1.28 bits per heavy atom. The summed E-state index contributed by atoms with van der Waals surface area (Å²) in [5.74, 6) is -0.193. The van der Waals surface area contributed by atoms with Crippen LogP contribution in [0.3, 0.4) is 0 Å². The highest BCUT2D eigenvalue weighted by Crippen LogP contribution is 2.36. The number of ether oxygens (including phenoxy) is 1. The van der Waals surface area contributed by atoms with Gasteiger partial charge >= 0.3 is 6.61 Å². The van der Waals surface area contributed by atoms with Gasteiger partial charge in [-0.1, -0.05) is 29.8 Å². The van der Waals surface area contributed by atoms with Gasteiger partial charge in [0.05, 0.1) is 12.1 Å². The Labute approximate surface area is 149 Å². The van der Waals surface area contributed by atoms with Crippen LogP contribution in [0.25, 0.3) is 0 Å². The fraction of sp³-hybridized carbons (Fsp3) is 0.278. The zero-order valence-corrected chi connectivity index (χ0v) is 14.2. The summed E-state index contributed by atoms with van der Waals surface area (Å²) in [5, 5.41) is 0.508. The number of amides is 1. The molecule has 3 rings (SSSR count). The van der Waals surface area contributed by atoms with Crippen molar-refractivity contribution in [1.29, 1.82) is 0 Å². The van der Waals surface area contributed by atoms with Gasteiger partial charge in [0.25, 0.3) is 0 Å². The standard InChI is InChI=1S/C18H17ClF2N2O2/c1-10(11-3-2-4-14(7-11)25-18(20)21)23-16-9-13(19)6-5-12(16)8-15(22)17(23)24/h2-7,9-10,15,18H,8,22H2,1H3/t10-,15+/m0/s1. The summed E-state index contributed by atoms with van der Waals surface area (Å²) in [7, 11) is 0. The van der Waals surface area contributed by atoms with E-state index >= 15 is 0 Å². The lowest BCUT2D eigenvalue weighted by atomic mass is 9.94. The van der Waals surface area contributed by atoms with E-state index in [4.69, 9.17) is 17.3 Å². The normalized spacial score (nSPS) is 18.2. The molecule has 1 aliphatic rings. The second kappa shape index (κ2) is 6.98. The van der Waals surface area contributed by atoms with Crippen LogP contribution in [0.1, 0.15) is 24.1 Å². The van der Waals surface area contributed by atoms with Crippen molar-refractivity contribution >= 4 is 23.2 Å². The molecule has 0 fully saturated rings. The monoisotopic (exact) mass is 366 g/mol. The quantitative estimate of drug-likeness (QED) is 0.892. The number of hydrogen-bond acceptors (Lipinski definition) is 3. The van der Waals surface area contributed by atoms with Crippen molar-refractivity contribution in [2.45, 2.75) is 32.0 Å². The van der Waals surface area contributed by atoms with Crippen molar-refractivity contribution in [2.24, 2.45) is 5.73 Å². The predicted molar refractivity (Wildman–Crippen MR) is 92.1 cm³/mol. The van der Waals surface area contributed by atoms with Gasteiger partial charge in [0, 0.05) is 10.7 Å². The van der Waals surface area contributed by atoms with Crippen molar-refractivity contribution in [3.05, 3.63) is 58.6 Å². The molecule has 1 heterocycles. The first-order valence-electron chi connectivity index (χ1n) is 7.78. The Morgan fingerprint density at radius 2 is 2.04 bits per heavy atom. The number of nitrogens with two attached hydrogens (primary N) is 1. The number of carbonyl (C=O) groups is 1. The van der Waals surface area contributed by atoms with Crippen LogP contribution in [-0.4, -0.2) is 18.6 Å². The second-order valence-electron chi connectivity index (χ2n) is 5.92. The first-order valence-corrected chi connectivity index (χ1v) is 8.16. The van der Waals surface area contributed by atoms with Gasteiger partial charge in [0.1, 0.15) is 5.75 Å². The summed E-state index contributed by atoms with van der Waals surface area (Å²) in [6.45, 7) is -1.10. The second-order valence-corrected chi connectivity index (χ2v) is 6.36. The number of nitrogens with zero attached hydrogens (tertiary/aromatic N) is 1. The van der Waals surface area contributed by atoms with Crippen LogP contribution in [0.4, 0.5) is 14.5 Å². The molecular weight excluding hydrogens is 350 g/mol. The van der Waals surface area contributed by atoms with Crippen molar-refractivity contribution < 1.29 is 18.3 Å². The fourth-order valence-corrected chi connectivity index (χ4v) is 3.22. The van der Waals surface area contributed by atoms with Gasteiger partial charge in [-0.05, 0) is 48.7 Å². The Bertz CT molecular complexity index is 800. The number of fused-ring (bicyclic) bond motifs is 1. The van der Waals surface area contributed by atoms with Gasteiger partial charge in [-0.25, -0.2) is 0 Å². The maximum atomic E-state index is 12.7. The van der Waals surface area contributed by atoms with E-state index < -0.39 is 18.7 Å². The summed E-state index contributed by atoms with van der Waals surface area (Å²) in [6.07, 6.45) is 0.434. The van der Waals surface area contributed by atoms with Crippen LogP contribution >= 0.6 is 11.6 Å². The maximum Gasteiger partial charge on any atom is 0.387 e. The molecule has 0 saturated carbocycles. The predicted octanol–water partition coefficient (Wildman–Crippen LogP) is 3.92. The first kappa shape index (κ1) is 17.6.